The minimum atomic E-state index is 0.516. The SMILES string of the molecule is COc1ccc(COc2ccc(-c3ccc(COc4ccc(-c5ccc(-c6ccccc6)cc5)cc4)cc3)cc2)cc1. The Bertz CT molecular complexity index is 1690. The third-order valence-electron chi connectivity index (χ3n) is 7.29. The van der Waals surface area contributed by atoms with Gasteiger partial charge in [0.1, 0.15) is 30.5 Å². The summed E-state index contributed by atoms with van der Waals surface area (Å²) in [6.45, 7) is 1.03. The predicted octanol–water partition coefficient (Wildman–Crippen LogP) is 9.85. The van der Waals surface area contributed by atoms with Gasteiger partial charge in [-0.3, -0.25) is 0 Å². The Morgan fingerprint density at radius 2 is 0.643 bits per heavy atom. The Labute approximate surface area is 247 Å². The Morgan fingerprint density at radius 3 is 1.05 bits per heavy atom. The van der Waals surface area contributed by atoms with Crippen molar-refractivity contribution in [1.29, 1.82) is 0 Å². The largest absolute Gasteiger partial charge is 0.497 e. The second-order valence-electron chi connectivity index (χ2n) is 10.1. The van der Waals surface area contributed by atoms with Crippen molar-refractivity contribution in [1.82, 2.24) is 0 Å². The molecule has 0 fully saturated rings. The van der Waals surface area contributed by atoms with Gasteiger partial charge < -0.3 is 14.2 Å². The summed E-state index contributed by atoms with van der Waals surface area (Å²) in [4.78, 5) is 0. The third kappa shape index (κ3) is 6.71. The Kier molecular flexibility index (Phi) is 8.28. The molecule has 3 heteroatoms. The Balaban J connectivity index is 1.01. The molecule has 0 N–H and O–H groups in total. The molecule has 3 nitrogen and oxygen atoms in total. The Hall–Kier alpha value is -5.28. The molecule has 206 valence electrons. The second-order valence-corrected chi connectivity index (χ2v) is 10.1. The van der Waals surface area contributed by atoms with E-state index in [-0.39, 0.29) is 0 Å². The first-order valence-electron chi connectivity index (χ1n) is 14.1. The van der Waals surface area contributed by atoms with Crippen molar-refractivity contribution in [2.45, 2.75) is 13.2 Å². The molecule has 0 unspecified atom stereocenters. The molecule has 0 aliphatic carbocycles. The van der Waals surface area contributed by atoms with Gasteiger partial charge in [0, 0.05) is 0 Å². The first-order chi connectivity index (χ1) is 20.7. The van der Waals surface area contributed by atoms with Gasteiger partial charge in [0.05, 0.1) is 7.11 Å². The molecule has 42 heavy (non-hydrogen) atoms. The summed E-state index contributed by atoms with van der Waals surface area (Å²) in [5.74, 6) is 2.54. The maximum Gasteiger partial charge on any atom is 0.119 e. The van der Waals surface area contributed by atoms with Gasteiger partial charge in [-0.05, 0) is 80.9 Å². The molecule has 0 amide bonds. The van der Waals surface area contributed by atoms with E-state index >= 15 is 0 Å². The lowest BCUT2D eigenvalue weighted by Gasteiger charge is -2.10. The molecule has 0 bridgehead atoms. The van der Waals surface area contributed by atoms with Gasteiger partial charge >= 0.3 is 0 Å². The molecule has 0 aliphatic rings. The molecule has 0 saturated carbocycles. The van der Waals surface area contributed by atoms with Gasteiger partial charge in [0.25, 0.3) is 0 Å². The van der Waals surface area contributed by atoms with E-state index in [4.69, 9.17) is 14.2 Å². The zero-order chi connectivity index (χ0) is 28.6. The van der Waals surface area contributed by atoms with Crippen LogP contribution in [0.1, 0.15) is 11.1 Å². The van der Waals surface area contributed by atoms with Crippen molar-refractivity contribution in [3.05, 3.63) is 163 Å². The van der Waals surface area contributed by atoms with Crippen LogP contribution in [-0.2, 0) is 13.2 Å². The predicted molar refractivity (Wildman–Crippen MR) is 171 cm³/mol. The molecule has 0 heterocycles. The fraction of sp³-hybridized carbons (Fsp3) is 0.0769. The monoisotopic (exact) mass is 548 g/mol. The number of methoxy groups -OCH3 is 1. The minimum absolute atomic E-state index is 0.516. The number of hydrogen-bond donors (Lipinski definition) is 0. The molecular weight excluding hydrogens is 516 g/mol. The highest BCUT2D eigenvalue weighted by atomic mass is 16.5. The highest BCUT2D eigenvalue weighted by Gasteiger charge is 2.04. The summed E-state index contributed by atoms with van der Waals surface area (Å²) in [6.07, 6.45) is 0. The number of rotatable bonds is 10. The van der Waals surface area contributed by atoms with Crippen LogP contribution in [0.5, 0.6) is 17.2 Å². The highest BCUT2D eigenvalue weighted by molar-refractivity contribution is 5.70. The van der Waals surface area contributed by atoms with Crippen molar-refractivity contribution in [2.75, 3.05) is 7.11 Å². The second kappa shape index (κ2) is 12.9. The van der Waals surface area contributed by atoms with Crippen molar-refractivity contribution in [2.24, 2.45) is 0 Å². The quantitative estimate of drug-likeness (QED) is 0.170. The van der Waals surface area contributed by atoms with Gasteiger partial charge in [0.2, 0.25) is 0 Å². The molecule has 6 aromatic rings. The van der Waals surface area contributed by atoms with Crippen molar-refractivity contribution >= 4 is 0 Å². The smallest absolute Gasteiger partial charge is 0.119 e. The van der Waals surface area contributed by atoms with Gasteiger partial charge in [-0.2, -0.15) is 0 Å². The van der Waals surface area contributed by atoms with Crippen LogP contribution in [0.25, 0.3) is 33.4 Å². The van der Waals surface area contributed by atoms with Crippen LogP contribution in [0.2, 0.25) is 0 Å². The maximum absolute atomic E-state index is 6.07. The zero-order valence-electron chi connectivity index (χ0n) is 23.6. The highest BCUT2D eigenvalue weighted by Crippen LogP contribution is 2.27. The van der Waals surface area contributed by atoms with E-state index in [0.717, 1.165) is 39.5 Å². The molecule has 0 radical (unpaired) electrons. The molecule has 6 aromatic carbocycles. The molecule has 0 aliphatic heterocycles. The summed E-state index contributed by atoms with van der Waals surface area (Å²) >= 11 is 0. The Morgan fingerprint density at radius 1 is 0.333 bits per heavy atom. The van der Waals surface area contributed by atoms with Crippen LogP contribution in [0.4, 0.5) is 0 Å². The summed E-state index contributed by atoms with van der Waals surface area (Å²) in [5.41, 5.74) is 9.33. The molecule has 0 saturated heterocycles. The molecule has 0 atom stereocenters. The van der Waals surface area contributed by atoms with E-state index in [1.54, 1.807) is 7.11 Å². The van der Waals surface area contributed by atoms with Crippen LogP contribution in [0, 0.1) is 0 Å². The first-order valence-corrected chi connectivity index (χ1v) is 14.1. The van der Waals surface area contributed by atoms with Gasteiger partial charge in [-0.1, -0.05) is 115 Å². The van der Waals surface area contributed by atoms with Crippen LogP contribution in [0.15, 0.2) is 152 Å². The fourth-order valence-corrected chi connectivity index (χ4v) is 4.82. The molecular formula is C39H32O3. The fourth-order valence-electron chi connectivity index (χ4n) is 4.82. The van der Waals surface area contributed by atoms with E-state index in [0.29, 0.717) is 13.2 Å². The lowest BCUT2D eigenvalue weighted by molar-refractivity contribution is 0.306. The van der Waals surface area contributed by atoms with Crippen molar-refractivity contribution in [3.8, 4) is 50.6 Å². The molecule has 0 spiro atoms. The standard InChI is InChI=1S/C39H32O3/c1-40-37-21-9-30(10-22-37)28-42-39-23-17-35(18-24-39)32-11-7-29(8-12-32)27-41-38-25-19-36(20-26-38)34-15-13-33(14-16-34)31-5-3-2-4-6-31/h2-26H,27-28H2,1H3. The topological polar surface area (TPSA) is 27.7 Å². The number of ether oxygens (including phenoxy) is 3. The van der Waals surface area contributed by atoms with E-state index < -0.39 is 0 Å². The molecule has 0 aromatic heterocycles. The maximum atomic E-state index is 6.07. The summed E-state index contributed by atoms with van der Waals surface area (Å²) in [5, 5.41) is 0. The van der Waals surface area contributed by atoms with Crippen LogP contribution in [0.3, 0.4) is 0 Å². The van der Waals surface area contributed by atoms with E-state index in [9.17, 15) is 0 Å². The third-order valence-corrected chi connectivity index (χ3v) is 7.29. The van der Waals surface area contributed by atoms with Crippen molar-refractivity contribution < 1.29 is 14.2 Å². The van der Waals surface area contributed by atoms with E-state index in [2.05, 4.69) is 97.1 Å². The number of benzene rings is 6. The molecule has 6 rings (SSSR count). The van der Waals surface area contributed by atoms with Gasteiger partial charge in [-0.15, -0.1) is 0 Å². The van der Waals surface area contributed by atoms with E-state index in [1.165, 1.54) is 22.3 Å². The minimum Gasteiger partial charge on any atom is -0.497 e. The normalized spacial score (nSPS) is 10.7. The van der Waals surface area contributed by atoms with Gasteiger partial charge in [0.15, 0.2) is 0 Å². The number of hydrogen-bond acceptors (Lipinski definition) is 3. The lowest BCUT2D eigenvalue weighted by atomic mass is 10.0. The zero-order valence-corrected chi connectivity index (χ0v) is 23.6. The summed E-state index contributed by atoms with van der Waals surface area (Å²) in [6, 6.07) is 52.0. The first kappa shape index (κ1) is 26.9. The van der Waals surface area contributed by atoms with Crippen LogP contribution in [-0.4, -0.2) is 7.11 Å². The lowest BCUT2D eigenvalue weighted by Crippen LogP contribution is -1.96. The summed E-state index contributed by atoms with van der Waals surface area (Å²) in [7, 11) is 1.67. The van der Waals surface area contributed by atoms with E-state index in [1.807, 2.05) is 54.6 Å². The van der Waals surface area contributed by atoms with Gasteiger partial charge in [-0.25, -0.2) is 0 Å². The summed E-state index contributed by atoms with van der Waals surface area (Å²) < 4.78 is 17.2. The van der Waals surface area contributed by atoms with Crippen LogP contribution < -0.4 is 14.2 Å². The van der Waals surface area contributed by atoms with Crippen LogP contribution >= 0.6 is 0 Å². The average molecular weight is 549 g/mol. The average Bonchev–Trinajstić information content (AvgIpc) is 3.08. The van der Waals surface area contributed by atoms with Crippen molar-refractivity contribution in [3.63, 3.8) is 0 Å².